The monoisotopic (exact) mass is 1960 g/mol. The highest BCUT2D eigenvalue weighted by atomic mass is 79.9. The van der Waals surface area contributed by atoms with Crippen molar-refractivity contribution in [1.29, 1.82) is 0 Å². The van der Waals surface area contributed by atoms with Gasteiger partial charge in [-0.2, -0.15) is 12.7 Å². The first-order valence-corrected chi connectivity index (χ1v) is 50.6. The molecule has 2 fully saturated rings. The molecule has 1 aliphatic heterocycles. The van der Waals surface area contributed by atoms with Gasteiger partial charge in [-0.15, -0.1) is 0 Å². The van der Waals surface area contributed by atoms with Crippen LogP contribution >= 0.6 is 39.1 Å². The maximum Gasteiger partial charge on any atom is 0.305 e. The minimum Gasteiger partial charge on any atom is -0.507 e. The highest BCUT2D eigenvalue weighted by Crippen LogP contribution is 2.47. The summed E-state index contributed by atoms with van der Waals surface area (Å²) < 4.78 is 124. The van der Waals surface area contributed by atoms with Crippen molar-refractivity contribution in [3.05, 3.63) is 248 Å². The molecule has 1 saturated heterocycles. The molecule has 1 atom stereocenters. The lowest BCUT2D eigenvalue weighted by atomic mass is 9.84. The van der Waals surface area contributed by atoms with Gasteiger partial charge >= 0.3 is 28.1 Å². The number of aromatic hydroxyl groups is 3. The van der Waals surface area contributed by atoms with E-state index in [1.165, 1.54) is 89.9 Å². The van der Waals surface area contributed by atoms with Crippen LogP contribution in [0.2, 0.25) is 10.0 Å². The third kappa shape index (κ3) is 26.2. The lowest BCUT2D eigenvalue weighted by molar-refractivity contribution is -0.138. The Morgan fingerprint density at radius 1 is 0.523 bits per heavy atom. The van der Waals surface area contributed by atoms with E-state index in [1.807, 2.05) is 50.2 Å². The van der Waals surface area contributed by atoms with Crippen molar-refractivity contribution < 1.29 is 88.9 Å². The number of anilines is 6. The number of carboxylic acid groups (broad SMARTS) is 3. The molecule has 11 aromatic carbocycles. The minimum atomic E-state index is -4.12. The number of nitrogens with one attached hydrogen (secondary N) is 3. The van der Waals surface area contributed by atoms with Gasteiger partial charge in [0.05, 0.1) is 75.3 Å². The van der Waals surface area contributed by atoms with Crippen LogP contribution in [0.25, 0.3) is 32.3 Å². The highest BCUT2D eigenvalue weighted by molar-refractivity contribution is 9.10. The number of fused-ring (bicyclic) bond motifs is 4. The molecule has 132 heavy (non-hydrogen) atoms. The second-order valence-corrected chi connectivity index (χ2v) is 40.5. The third-order valence-electron chi connectivity index (χ3n) is 24.3. The van der Waals surface area contributed by atoms with E-state index in [0.717, 1.165) is 79.6 Å². The van der Waals surface area contributed by atoms with Gasteiger partial charge < -0.3 is 59.5 Å². The number of hydrogen-bond donors (Lipinski definition) is 9. The number of halogens is 4. The molecule has 1 heterocycles. The summed E-state index contributed by atoms with van der Waals surface area (Å²) in [6.07, 6.45) is 19.5. The van der Waals surface area contributed by atoms with E-state index in [-0.39, 0.29) is 139 Å². The number of piperazine rings is 1. The number of aryl methyl sites for hydroxylation is 2. The number of phenols is 3. The lowest BCUT2D eigenvalue weighted by Gasteiger charge is -2.35. The van der Waals surface area contributed by atoms with Crippen molar-refractivity contribution in [2.45, 2.75) is 170 Å². The lowest BCUT2D eigenvalue weighted by Crippen LogP contribution is -2.50. The molecular formula is C100H111BrCl2FN7O18S3. The Hall–Kier alpha value is -11.3. The minimum absolute atomic E-state index is 0.0139. The number of allylic oxidation sites excluding steroid dienone is 2. The predicted octanol–water partition coefficient (Wildman–Crippen LogP) is 22.0. The van der Waals surface area contributed by atoms with Crippen LogP contribution in [0.4, 0.5) is 38.5 Å². The Morgan fingerprint density at radius 2 is 1.06 bits per heavy atom. The van der Waals surface area contributed by atoms with Crippen molar-refractivity contribution in [3.8, 4) is 34.5 Å². The SMILES string of the molecule is CC(C)Oc1cc(N2CCN(S(=O)(=O)Nc3cc(N(CCOc4ccc5c(c4)CCCC5)CCC(=O)O)c(O)c4cc(F)ccc34)CC2)ccc1Cl.O=C(O)CCC(CCCC1=CCCCC1)c1cc(NS(=O)(=O)c2ccc(Br)cc2)c2ccccc2c1O.O=C(O)CCN(CCOc1ccc(Cl)cc1)c1cc(NS(=O)(=O)c2ccc(C3CCCCC3)cc2)c2ccccc2c1O. The van der Waals surface area contributed by atoms with E-state index >= 15 is 0 Å². The zero-order valence-corrected chi connectivity index (χ0v) is 79.2. The molecule has 700 valence electrons. The first-order chi connectivity index (χ1) is 63.3. The Kier molecular flexibility index (Phi) is 33.8. The quantitative estimate of drug-likeness (QED) is 0.0129. The summed E-state index contributed by atoms with van der Waals surface area (Å²) >= 11 is 15.6. The van der Waals surface area contributed by atoms with E-state index in [1.54, 1.807) is 125 Å². The van der Waals surface area contributed by atoms with Crippen LogP contribution < -0.4 is 43.1 Å². The van der Waals surface area contributed by atoms with Crippen molar-refractivity contribution in [1.82, 2.24) is 4.31 Å². The Bertz CT molecular complexity index is 6310. The molecule has 1 unspecified atom stereocenters. The number of nitrogens with zero attached hydrogens (tertiary/aromatic N) is 4. The first-order valence-electron chi connectivity index (χ1n) is 44.6. The zero-order chi connectivity index (χ0) is 93.8. The fourth-order valence-electron chi connectivity index (χ4n) is 17.4. The van der Waals surface area contributed by atoms with Gasteiger partial charge in [-0.25, -0.2) is 21.2 Å². The molecule has 0 spiro atoms. The maximum absolute atomic E-state index is 14.6. The Labute approximate surface area is 788 Å². The molecule has 3 aliphatic carbocycles. The number of carbonyl (C=O) groups is 3. The molecular weight excluding hydrogens is 1850 g/mol. The standard InChI is InChI=1S/C38H44ClFN4O7S.C33H35ClN2O6S.C29H32BrNO5S/c1-25(2)51-36-23-29(9-12-33(36)39)42-15-17-44(18-16-42)52(48,49)41-34-24-35(38(47)32-22-28(40)8-11-31(32)34)43(14-13-37(45)46)19-20-50-30-10-7-26-5-3-4-6-27(26)21-30;34-25-12-14-26(15-13-25)42-21-20-36(19-18-32(37)38)31-22-30(28-8-4-5-9-29(28)33(31)39)35-43(40,41)27-16-10-24(11-17-27)23-6-2-1-3-7-23;30-22-14-16-23(17-15-22)37(35,36)31-27-19-26(29(34)25-12-5-4-11-24(25)27)21(13-18-28(32)33)10-6-9-20-7-2-1-3-8-20/h7-12,21-25,41,47H,3-6,13-20H2,1-2H3,(H,45,46);4-5,8-17,22-23,35,39H,1-3,6-7,18-21H2,(H,37,38);4-5,7,11-12,14-17,19,21,31,34H,1-3,6,8-10,13,18H2,(H,32,33). The largest absolute Gasteiger partial charge is 0.507 e. The number of aliphatic carboxylic acids is 3. The molecule has 25 nitrogen and oxygen atoms in total. The molecule has 0 radical (unpaired) electrons. The Balaban J connectivity index is 0.000000171. The van der Waals surface area contributed by atoms with Gasteiger partial charge in [0.15, 0.2) is 0 Å². The average Bonchev–Trinajstić information content (AvgIpc) is 0.771. The molecule has 9 N–H and O–H groups in total. The summed E-state index contributed by atoms with van der Waals surface area (Å²) in [7, 11) is -12.0. The molecule has 0 aromatic heterocycles. The Morgan fingerprint density at radius 3 is 1.65 bits per heavy atom. The van der Waals surface area contributed by atoms with Crippen molar-refractivity contribution in [3.63, 3.8) is 0 Å². The summed E-state index contributed by atoms with van der Waals surface area (Å²) in [6, 6.07) is 54.3. The van der Waals surface area contributed by atoms with Gasteiger partial charge in [0.1, 0.15) is 53.5 Å². The van der Waals surface area contributed by atoms with E-state index in [4.69, 9.17) is 37.4 Å². The van der Waals surface area contributed by atoms with Gasteiger partial charge in [0.25, 0.3) is 20.0 Å². The number of ether oxygens (including phenoxy) is 3. The van der Waals surface area contributed by atoms with E-state index in [0.29, 0.717) is 97.6 Å². The second-order valence-electron chi connectivity index (χ2n) is 33.7. The summed E-state index contributed by atoms with van der Waals surface area (Å²) in [5.74, 6) is -1.78. The van der Waals surface area contributed by atoms with Crippen molar-refractivity contribution in [2.24, 2.45) is 0 Å². The van der Waals surface area contributed by atoms with E-state index in [2.05, 4.69) is 47.1 Å². The summed E-state index contributed by atoms with van der Waals surface area (Å²) in [5.41, 5.74) is 7.83. The van der Waals surface area contributed by atoms with Crippen LogP contribution in [0.5, 0.6) is 34.5 Å². The smallest absolute Gasteiger partial charge is 0.305 e. The predicted molar refractivity (Wildman–Crippen MR) is 523 cm³/mol. The third-order valence-corrected chi connectivity index (χ3v) is 29.7. The highest BCUT2D eigenvalue weighted by Gasteiger charge is 2.32. The topological polar surface area (TPSA) is 352 Å². The van der Waals surface area contributed by atoms with Crippen LogP contribution in [0.15, 0.2) is 220 Å². The maximum atomic E-state index is 14.6. The van der Waals surface area contributed by atoms with Gasteiger partial charge in [0, 0.05) is 99.3 Å². The van der Waals surface area contributed by atoms with Crippen LogP contribution in [0.3, 0.4) is 0 Å². The molecule has 4 aliphatic rings. The summed E-state index contributed by atoms with van der Waals surface area (Å²) in [5, 5.41) is 65.8. The number of carboxylic acids is 3. The zero-order valence-electron chi connectivity index (χ0n) is 73.6. The molecule has 0 bridgehead atoms. The molecule has 0 amide bonds. The van der Waals surface area contributed by atoms with Crippen LogP contribution in [-0.4, -0.2) is 150 Å². The van der Waals surface area contributed by atoms with Crippen molar-refractivity contribution in [2.75, 3.05) is 94.4 Å². The van der Waals surface area contributed by atoms with Crippen LogP contribution in [-0.2, 0) is 57.5 Å². The first kappa shape index (κ1) is 98.3. The van der Waals surface area contributed by atoms with Gasteiger partial charge in [-0.05, 0) is 259 Å². The van der Waals surface area contributed by atoms with E-state index in [9.17, 15) is 74.7 Å². The molecule has 1 saturated carbocycles. The molecule has 11 aromatic rings. The number of hydrogen-bond acceptors (Lipinski definition) is 18. The average molecular weight is 1970 g/mol. The van der Waals surface area contributed by atoms with Crippen LogP contribution in [0.1, 0.15) is 164 Å². The number of phenolic OH excluding ortho intramolecular Hbond substituents is 3. The second kappa shape index (κ2) is 45.5. The van der Waals surface area contributed by atoms with Gasteiger partial charge in [0.2, 0.25) is 0 Å². The van der Waals surface area contributed by atoms with Gasteiger partial charge in [-0.1, -0.05) is 137 Å². The van der Waals surface area contributed by atoms with Crippen molar-refractivity contribution >= 4 is 154 Å². The van der Waals surface area contributed by atoms with Gasteiger partial charge in [-0.3, -0.25) is 28.5 Å². The molecule has 32 heteroatoms. The number of sulfonamides is 2. The van der Waals surface area contributed by atoms with E-state index < -0.39 is 54.0 Å². The van der Waals surface area contributed by atoms with Crippen LogP contribution in [0, 0.1) is 5.82 Å². The summed E-state index contributed by atoms with van der Waals surface area (Å²) in [6.45, 7) is 5.79. The number of rotatable bonds is 37. The number of benzene rings is 11. The molecule has 15 rings (SSSR count). The fraction of sp³-hybridized carbons (Fsp3) is 0.350. The fourth-order valence-corrected chi connectivity index (χ4v) is 21.4. The normalized spacial score (nSPS) is 14.6. The summed E-state index contributed by atoms with van der Waals surface area (Å²) in [4.78, 5) is 40.2.